The molecule has 1 nitrogen and oxygen atoms in total. The lowest BCUT2D eigenvalue weighted by atomic mass is 9.75. The van der Waals surface area contributed by atoms with Crippen LogP contribution < -0.4 is 5.46 Å². The molecule has 31 heavy (non-hydrogen) atoms. The smallest absolute Gasteiger partial charge is 0.331 e. The number of benzene rings is 3. The molecule has 3 aromatic rings. The first kappa shape index (κ1) is 23.4. The van der Waals surface area contributed by atoms with Crippen LogP contribution in [-0.4, -0.2) is 13.1 Å². The summed E-state index contributed by atoms with van der Waals surface area (Å²) in [5.74, 6) is 0. The number of rotatable bonds is 9. The number of hydrogen-bond donors (Lipinski definition) is 0. The van der Waals surface area contributed by atoms with Crippen LogP contribution in [0.3, 0.4) is 0 Å². The zero-order valence-corrected chi connectivity index (χ0v) is 19.8. The van der Waals surface area contributed by atoms with Crippen LogP contribution in [0, 0.1) is 5.41 Å². The molecule has 0 aliphatic heterocycles. The van der Waals surface area contributed by atoms with E-state index in [-0.39, 0.29) is 11.0 Å². The highest BCUT2D eigenvalue weighted by Crippen LogP contribution is 2.32. The average Bonchev–Trinajstić information content (AvgIpc) is 2.76. The normalized spacial score (nSPS) is 12.0. The van der Waals surface area contributed by atoms with Gasteiger partial charge < -0.3 is 4.65 Å². The van der Waals surface area contributed by atoms with Gasteiger partial charge >= 0.3 is 7.48 Å². The Labute approximate surface area is 190 Å². The van der Waals surface area contributed by atoms with E-state index >= 15 is 0 Å². The van der Waals surface area contributed by atoms with Crippen molar-refractivity contribution in [3.05, 3.63) is 101 Å². The third-order valence-electron chi connectivity index (χ3n) is 6.57. The Balaban J connectivity index is 1.75. The van der Waals surface area contributed by atoms with Gasteiger partial charge in [-0.15, -0.1) is 0 Å². The second kappa shape index (κ2) is 10.3. The fraction of sp³-hybridized carbons (Fsp3) is 0.379. The second-order valence-electron chi connectivity index (χ2n) is 10.0. The summed E-state index contributed by atoms with van der Waals surface area (Å²) in [7, 11) is 1.98. The van der Waals surface area contributed by atoms with Crippen molar-refractivity contribution in [2.45, 2.75) is 65.9 Å². The van der Waals surface area contributed by atoms with Crippen LogP contribution in [0.2, 0.25) is 0 Å². The topological polar surface area (TPSA) is 9.23 Å². The highest BCUT2D eigenvalue weighted by atomic mass is 16.5. The van der Waals surface area contributed by atoms with E-state index in [1.54, 1.807) is 0 Å². The lowest BCUT2D eigenvalue weighted by molar-refractivity contribution is 0.00502. The van der Waals surface area contributed by atoms with E-state index in [0.29, 0.717) is 0 Å². The summed E-state index contributed by atoms with van der Waals surface area (Å²) in [5, 5.41) is 0. The average molecular weight is 411 g/mol. The molecule has 2 heteroatoms. The standard InChI is InChI=1S/C29H36BO/c1-28(2,3)29(4,5)31-30-27-21-19-25(17-16-23-12-8-6-9-13-23)22-26(27)20-18-24-14-10-7-11-15-24/h6-15,19,21-22H,16-18,20H2,1-5H3. The maximum absolute atomic E-state index is 6.32. The van der Waals surface area contributed by atoms with Gasteiger partial charge in [-0.3, -0.25) is 0 Å². The van der Waals surface area contributed by atoms with Crippen molar-refractivity contribution in [3.8, 4) is 0 Å². The Morgan fingerprint density at radius 3 is 1.68 bits per heavy atom. The predicted octanol–water partition coefficient (Wildman–Crippen LogP) is 6.34. The van der Waals surface area contributed by atoms with Gasteiger partial charge in [0.05, 0.1) is 5.60 Å². The first-order chi connectivity index (χ1) is 14.7. The van der Waals surface area contributed by atoms with Crippen LogP contribution in [0.15, 0.2) is 78.9 Å². The minimum absolute atomic E-state index is 0.0589. The minimum Gasteiger partial charge on any atom is -0.429 e. The Morgan fingerprint density at radius 2 is 1.13 bits per heavy atom. The summed E-state index contributed by atoms with van der Waals surface area (Å²) >= 11 is 0. The van der Waals surface area contributed by atoms with E-state index in [1.807, 2.05) is 7.48 Å². The SMILES string of the molecule is CC(C)(C)C(C)(C)O[B]c1ccc(CCc2ccccc2)cc1CCc1ccccc1. The Kier molecular flexibility index (Phi) is 7.78. The highest BCUT2D eigenvalue weighted by molar-refractivity contribution is 6.47. The van der Waals surface area contributed by atoms with Crippen molar-refractivity contribution in [1.29, 1.82) is 0 Å². The molecule has 0 N–H and O–H groups in total. The van der Waals surface area contributed by atoms with E-state index in [2.05, 4.69) is 113 Å². The van der Waals surface area contributed by atoms with E-state index in [1.165, 1.54) is 27.7 Å². The van der Waals surface area contributed by atoms with Crippen molar-refractivity contribution in [2.24, 2.45) is 5.41 Å². The van der Waals surface area contributed by atoms with Crippen molar-refractivity contribution < 1.29 is 4.65 Å². The van der Waals surface area contributed by atoms with Crippen LogP contribution in [0.4, 0.5) is 0 Å². The summed E-state index contributed by atoms with van der Waals surface area (Å²) in [6, 6.07) is 28.3. The molecular weight excluding hydrogens is 375 g/mol. The molecule has 0 saturated heterocycles. The molecule has 0 spiro atoms. The fourth-order valence-electron chi connectivity index (χ4n) is 3.39. The second-order valence-corrected chi connectivity index (χ2v) is 10.0. The molecule has 0 heterocycles. The molecule has 161 valence electrons. The largest absolute Gasteiger partial charge is 0.429 e. The van der Waals surface area contributed by atoms with Crippen molar-refractivity contribution in [2.75, 3.05) is 0 Å². The van der Waals surface area contributed by atoms with Gasteiger partial charge in [0.15, 0.2) is 0 Å². The van der Waals surface area contributed by atoms with Crippen LogP contribution in [0.25, 0.3) is 0 Å². The third kappa shape index (κ3) is 6.84. The van der Waals surface area contributed by atoms with Crippen LogP contribution >= 0.6 is 0 Å². The molecule has 0 unspecified atom stereocenters. The molecule has 0 aromatic heterocycles. The molecule has 0 amide bonds. The van der Waals surface area contributed by atoms with E-state index < -0.39 is 0 Å². The van der Waals surface area contributed by atoms with Crippen LogP contribution in [0.5, 0.6) is 0 Å². The highest BCUT2D eigenvalue weighted by Gasteiger charge is 2.33. The van der Waals surface area contributed by atoms with Gasteiger partial charge in [0, 0.05) is 0 Å². The van der Waals surface area contributed by atoms with Gasteiger partial charge in [0.25, 0.3) is 0 Å². The van der Waals surface area contributed by atoms with Gasteiger partial charge in [-0.05, 0) is 61.6 Å². The van der Waals surface area contributed by atoms with Crippen molar-refractivity contribution >= 4 is 12.9 Å². The van der Waals surface area contributed by atoms with E-state index in [9.17, 15) is 0 Å². The Hall–Kier alpha value is -2.32. The summed E-state index contributed by atoms with van der Waals surface area (Å²) in [4.78, 5) is 0. The molecule has 0 aliphatic rings. The summed E-state index contributed by atoms with van der Waals surface area (Å²) in [6.45, 7) is 11.0. The lowest BCUT2D eigenvalue weighted by Crippen LogP contribution is -2.43. The van der Waals surface area contributed by atoms with Gasteiger partial charge in [-0.1, -0.05) is 111 Å². The Morgan fingerprint density at radius 1 is 0.613 bits per heavy atom. The quantitative estimate of drug-likeness (QED) is 0.373. The van der Waals surface area contributed by atoms with Gasteiger partial charge in [-0.25, -0.2) is 0 Å². The molecule has 0 atom stereocenters. The number of hydrogen-bond acceptors (Lipinski definition) is 1. The summed E-state index contributed by atoms with van der Waals surface area (Å²) < 4.78 is 6.32. The molecule has 0 aliphatic carbocycles. The molecule has 3 aromatic carbocycles. The molecule has 0 saturated carbocycles. The molecular formula is C29H36BO. The third-order valence-corrected chi connectivity index (χ3v) is 6.57. The fourth-order valence-corrected chi connectivity index (χ4v) is 3.39. The minimum atomic E-state index is -0.240. The van der Waals surface area contributed by atoms with Gasteiger partial charge in [0.1, 0.15) is 0 Å². The molecule has 0 fully saturated rings. The van der Waals surface area contributed by atoms with E-state index in [4.69, 9.17) is 4.65 Å². The van der Waals surface area contributed by atoms with E-state index in [0.717, 1.165) is 25.7 Å². The predicted molar refractivity (Wildman–Crippen MR) is 134 cm³/mol. The first-order valence-corrected chi connectivity index (χ1v) is 11.5. The van der Waals surface area contributed by atoms with Crippen LogP contribution in [-0.2, 0) is 30.3 Å². The lowest BCUT2D eigenvalue weighted by Gasteiger charge is -2.39. The monoisotopic (exact) mass is 411 g/mol. The Bertz CT molecular complexity index is 939. The molecule has 1 radical (unpaired) electrons. The summed E-state index contributed by atoms with van der Waals surface area (Å²) in [6.07, 6.45) is 4.16. The number of aryl methyl sites for hydroxylation is 4. The first-order valence-electron chi connectivity index (χ1n) is 11.5. The zero-order valence-electron chi connectivity index (χ0n) is 19.8. The molecule has 3 rings (SSSR count). The maximum Gasteiger partial charge on any atom is 0.331 e. The maximum atomic E-state index is 6.32. The molecule has 0 bridgehead atoms. The van der Waals surface area contributed by atoms with Gasteiger partial charge in [-0.2, -0.15) is 0 Å². The van der Waals surface area contributed by atoms with Crippen molar-refractivity contribution in [3.63, 3.8) is 0 Å². The zero-order chi connectivity index (χ0) is 22.3. The van der Waals surface area contributed by atoms with Gasteiger partial charge in [0.2, 0.25) is 0 Å². The van der Waals surface area contributed by atoms with Crippen LogP contribution in [0.1, 0.15) is 56.9 Å². The van der Waals surface area contributed by atoms with Crippen molar-refractivity contribution in [1.82, 2.24) is 0 Å². The summed E-state index contributed by atoms with van der Waals surface area (Å²) in [5.41, 5.74) is 6.52.